The van der Waals surface area contributed by atoms with Crippen molar-refractivity contribution in [2.75, 3.05) is 39.8 Å². The third-order valence-corrected chi connectivity index (χ3v) is 3.24. The molecule has 1 heterocycles. The van der Waals surface area contributed by atoms with Gasteiger partial charge in [0.2, 0.25) is 0 Å². The minimum absolute atomic E-state index is 0.242. The standard InChI is InChI=1S/C13H24N2O2/c1-4-12-11-15(10-9-14(12)3)8-6-7-13(16)17-5-2/h6-7,12H,4-5,8-11H2,1-3H3/b7-6+. The van der Waals surface area contributed by atoms with Gasteiger partial charge in [0, 0.05) is 38.3 Å². The van der Waals surface area contributed by atoms with Crippen molar-refractivity contribution in [2.45, 2.75) is 26.3 Å². The molecule has 1 unspecified atom stereocenters. The third-order valence-electron chi connectivity index (χ3n) is 3.24. The first kappa shape index (κ1) is 14.2. The van der Waals surface area contributed by atoms with E-state index in [1.807, 2.05) is 13.0 Å². The smallest absolute Gasteiger partial charge is 0.330 e. The maximum absolute atomic E-state index is 11.1. The van der Waals surface area contributed by atoms with Crippen LogP contribution >= 0.6 is 0 Å². The van der Waals surface area contributed by atoms with Crippen molar-refractivity contribution < 1.29 is 9.53 Å². The van der Waals surface area contributed by atoms with Crippen LogP contribution in [0, 0.1) is 0 Å². The number of esters is 1. The quantitative estimate of drug-likeness (QED) is 0.533. The van der Waals surface area contributed by atoms with Crippen molar-refractivity contribution in [1.29, 1.82) is 0 Å². The van der Waals surface area contributed by atoms with E-state index in [1.54, 1.807) is 0 Å². The molecule has 0 saturated carbocycles. The molecule has 0 bridgehead atoms. The van der Waals surface area contributed by atoms with E-state index in [4.69, 9.17) is 4.74 Å². The zero-order valence-electron chi connectivity index (χ0n) is 11.2. The Morgan fingerprint density at radius 2 is 2.18 bits per heavy atom. The number of piperazine rings is 1. The van der Waals surface area contributed by atoms with Crippen LogP contribution in [0.4, 0.5) is 0 Å². The second kappa shape index (κ2) is 7.45. The van der Waals surface area contributed by atoms with Gasteiger partial charge in [-0.1, -0.05) is 13.0 Å². The molecule has 0 amide bonds. The van der Waals surface area contributed by atoms with E-state index < -0.39 is 0 Å². The summed E-state index contributed by atoms with van der Waals surface area (Å²) in [5.74, 6) is -0.242. The molecule has 0 radical (unpaired) electrons. The second-order valence-corrected chi connectivity index (χ2v) is 4.46. The number of nitrogens with zero attached hydrogens (tertiary/aromatic N) is 2. The summed E-state index contributed by atoms with van der Waals surface area (Å²) in [6, 6.07) is 0.639. The van der Waals surface area contributed by atoms with Gasteiger partial charge in [-0.3, -0.25) is 4.90 Å². The largest absolute Gasteiger partial charge is 0.463 e. The normalized spacial score (nSPS) is 23.1. The fourth-order valence-corrected chi connectivity index (χ4v) is 2.11. The van der Waals surface area contributed by atoms with Crippen LogP contribution < -0.4 is 0 Å². The number of carbonyl (C=O) groups is 1. The molecule has 98 valence electrons. The lowest BCUT2D eigenvalue weighted by molar-refractivity contribution is -0.137. The van der Waals surface area contributed by atoms with Gasteiger partial charge in [0.1, 0.15) is 0 Å². The van der Waals surface area contributed by atoms with Crippen LogP contribution in [0.3, 0.4) is 0 Å². The highest BCUT2D eigenvalue weighted by Crippen LogP contribution is 2.10. The minimum Gasteiger partial charge on any atom is -0.463 e. The topological polar surface area (TPSA) is 32.8 Å². The lowest BCUT2D eigenvalue weighted by atomic mass is 10.1. The summed E-state index contributed by atoms with van der Waals surface area (Å²) < 4.78 is 4.84. The summed E-state index contributed by atoms with van der Waals surface area (Å²) in [6.07, 6.45) is 4.60. The van der Waals surface area contributed by atoms with E-state index >= 15 is 0 Å². The van der Waals surface area contributed by atoms with Crippen molar-refractivity contribution >= 4 is 5.97 Å². The molecule has 1 fully saturated rings. The maximum Gasteiger partial charge on any atom is 0.330 e. The summed E-state index contributed by atoms with van der Waals surface area (Å²) in [5.41, 5.74) is 0. The van der Waals surface area contributed by atoms with E-state index in [1.165, 1.54) is 12.5 Å². The van der Waals surface area contributed by atoms with E-state index in [9.17, 15) is 4.79 Å². The molecule has 17 heavy (non-hydrogen) atoms. The molecule has 0 aromatic carbocycles. The Labute approximate surface area is 104 Å². The number of hydrogen-bond acceptors (Lipinski definition) is 4. The highest BCUT2D eigenvalue weighted by molar-refractivity contribution is 5.81. The van der Waals surface area contributed by atoms with Gasteiger partial charge in [-0.15, -0.1) is 0 Å². The number of rotatable bonds is 5. The van der Waals surface area contributed by atoms with Gasteiger partial charge >= 0.3 is 5.97 Å². The van der Waals surface area contributed by atoms with Gasteiger partial charge in [0.25, 0.3) is 0 Å². The zero-order valence-corrected chi connectivity index (χ0v) is 11.2. The average molecular weight is 240 g/mol. The monoisotopic (exact) mass is 240 g/mol. The lowest BCUT2D eigenvalue weighted by Gasteiger charge is -2.38. The number of hydrogen-bond donors (Lipinski definition) is 0. The molecule has 1 rings (SSSR count). The molecule has 4 nitrogen and oxygen atoms in total. The van der Waals surface area contributed by atoms with Crippen LogP contribution in [0.5, 0.6) is 0 Å². The fourth-order valence-electron chi connectivity index (χ4n) is 2.11. The maximum atomic E-state index is 11.1. The lowest BCUT2D eigenvalue weighted by Crippen LogP contribution is -2.51. The van der Waals surface area contributed by atoms with Crippen molar-refractivity contribution in [2.24, 2.45) is 0 Å². The molecule has 0 N–H and O–H groups in total. The summed E-state index contributed by atoms with van der Waals surface area (Å²) in [6.45, 7) is 8.57. The van der Waals surface area contributed by atoms with Crippen LogP contribution in [0.15, 0.2) is 12.2 Å². The molecule has 1 atom stereocenters. The van der Waals surface area contributed by atoms with E-state index in [0.717, 1.165) is 26.2 Å². The van der Waals surface area contributed by atoms with Crippen LogP contribution in [-0.2, 0) is 9.53 Å². The first-order valence-corrected chi connectivity index (χ1v) is 6.43. The Balaban J connectivity index is 2.30. The number of carbonyl (C=O) groups excluding carboxylic acids is 1. The first-order chi connectivity index (χ1) is 8.17. The van der Waals surface area contributed by atoms with E-state index in [2.05, 4.69) is 23.8 Å². The van der Waals surface area contributed by atoms with Crippen LogP contribution in [0.2, 0.25) is 0 Å². The van der Waals surface area contributed by atoms with Gasteiger partial charge in [0.05, 0.1) is 6.61 Å². The van der Waals surface area contributed by atoms with Gasteiger partial charge in [-0.05, 0) is 20.4 Å². The third kappa shape index (κ3) is 4.88. The molecule has 1 aliphatic rings. The van der Waals surface area contributed by atoms with Gasteiger partial charge in [0.15, 0.2) is 0 Å². The highest BCUT2D eigenvalue weighted by atomic mass is 16.5. The fraction of sp³-hybridized carbons (Fsp3) is 0.769. The summed E-state index contributed by atoms with van der Waals surface area (Å²) >= 11 is 0. The molecule has 1 aliphatic heterocycles. The summed E-state index contributed by atoms with van der Waals surface area (Å²) in [4.78, 5) is 15.9. The summed E-state index contributed by atoms with van der Waals surface area (Å²) in [5, 5.41) is 0. The zero-order chi connectivity index (χ0) is 12.7. The SMILES string of the molecule is CCOC(=O)/C=C/CN1CCN(C)C(CC)C1. The van der Waals surface area contributed by atoms with Gasteiger partial charge < -0.3 is 9.64 Å². The molecule has 0 aromatic heterocycles. The Bertz CT molecular complexity index is 266. The molecule has 0 spiro atoms. The van der Waals surface area contributed by atoms with Crippen molar-refractivity contribution in [3.05, 3.63) is 12.2 Å². The van der Waals surface area contributed by atoms with Crippen LogP contribution in [-0.4, -0.2) is 61.6 Å². The Kier molecular flexibility index (Phi) is 6.22. The molecular formula is C13H24N2O2. The number of likely N-dealkylation sites (N-methyl/N-ethyl adjacent to an activating group) is 1. The van der Waals surface area contributed by atoms with E-state index in [0.29, 0.717) is 12.6 Å². The Morgan fingerprint density at radius 1 is 1.41 bits per heavy atom. The Hall–Kier alpha value is -0.870. The highest BCUT2D eigenvalue weighted by Gasteiger charge is 2.21. The van der Waals surface area contributed by atoms with Crippen molar-refractivity contribution in [3.63, 3.8) is 0 Å². The molecule has 1 saturated heterocycles. The minimum atomic E-state index is -0.242. The molecular weight excluding hydrogens is 216 g/mol. The average Bonchev–Trinajstić information content (AvgIpc) is 2.31. The van der Waals surface area contributed by atoms with Crippen molar-refractivity contribution in [1.82, 2.24) is 9.80 Å². The Morgan fingerprint density at radius 3 is 2.82 bits per heavy atom. The number of ether oxygens (including phenoxy) is 1. The molecule has 0 aliphatic carbocycles. The van der Waals surface area contributed by atoms with Gasteiger partial charge in [-0.25, -0.2) is 4.79 Å². The van der Waals surface area contributed by atoms with Crippen LogP contribution in [0.1, 0.15) is 20.3 Å². The second-order valence-electron chi connectivity index (χ2n) is 4.46. The first-order valence-electron chi connectivity index (χ1n) is 6.43. The van der Waals surface area contributed by atoms with E-state index in [-0.39, 0.29) is 5.97 Å². The predicted octanol–water partition coefficient (Wildman–Crippen LogP) is 1.13. The summed E-state index contributed by atoms with van der Waals surface area (Å²) in [7, 11) is 2.18. The van der Waals surface area contributed by atoms with Crippen LogP contribution in [0.25, 0.3) is 0 Å². The predicted molar refractivity (Wildman–Crippen MR) is 68.9 cm³/mol. The molecule has 4 heteroatoms. The molecule has 0 aromatic rings. The van der Waals surface area contributed by atoms with Gasteiger partial charge in [-0.2, -0.15) is 0 Å². The van der Waals surface area contributed by atoms with Crippen molar-refractivity contribution in [3.8, 4) is 0 Å².